The van der Waals surface area contributed by atoms with E-state index in [1.54, 1.807) is 11.3 Å². The standard InChI is InChI=1S/C27H33N5OS3/c1-15-6-8-18-20(13-34-21(18)10-15)24-30-31-26(32(24)5)35-14-23(33)29-25-19(12-28)17-9-7-16(27(2,3)4)11-22(17)36-25/h13,15-16H,6-11,14H2,1-5H3,(H,29,33). The first-order valence-electron chi connectivity index (χ1n) is 12.6. The van der Waals surface area contributed by atoms with Crippen molar-refractivity contribution in [2.75, 3.05) is 11.1 Å². The minimum absolute atomic E-state index is 0.117. The Morgan fingerprint density at radius 2 is 2.00 bits per heavy atom. The molecule has 1 N–H and O–H groups in total. The molecule has 2 aliphatic rings. The van der Waals surface area contributed by atoms with Crippen molar-refractivity contribution in [3.63, 3.8) is 0 Å². The van der Waals surface area contributed by atoms with Gasteiger partial charge in [0, 0.05) is 27.7 Å². The zero-order valence-corrected chi connectivity index (χ0v) is 24.1. The van der Waals surface area contributed by atoms with Gasteiger partial charge in [-0.15, -0.1) is 32.9 Å². The number of hydrogen-bond donors (Lipinski definition) is 1. The predicted octanol–water partition coefficient (Wildman–Crippen LogP) is 6.48. The first kappa shape index (κ1) is 25.5. The van der Waals surface area contributed by atoms with Gasteiger partial charge < -0.3 is 9.88 Å². The Morgan fingerprint density at radius 3 is 2.75 bits per heavy atom. The number of aromatic nitrogens is 3. The van der Waals surface area contributed by atoms with E-state index in [4.69, 9.17) is 0 Å². The summed E-state index contributed by atoms with van der Waals surface area (Å²) in [4.78, 5) is 15.6. The lowest BCUT2D eigenvalue weighted by atomic mass is 9.72. The molecule has 3 aromatic rings. The molecule has 190 valence electrons. The number of nitriles is 1. The second-order valence-electron chi connectivity index (χ2n) is 11.2. The maximum atomic E-state index is 12.9. The monoisotopic (exact) mass is 539 g/mol. The molecule has 2 unspecified atom stereocenters. The van der Waals surface area contributed by atoms with Crippen molar-refractivity contribution >= 4 is 45.3 Å². The minimum atomic E-state index is -0.117. The molecule has 0 radical (unpaired) electrons. The number of amides is 1. The topological polar surface area (TPSA) is 83.6 Å². The van der Waals surface area contributed by atoms with Crippen molar-refractivity contribution in [2.45, 2.75) is 71.4 Å². The molecular formula is C27H33N5OS3. The van der Waals surface area contributed by atoms with Crippen LogP contribution < -0.4 is 5.32 Å². The molecule has 6 nitrogen and oxygen atoms in total. The molecular weight excluding hydrogens is 507 g/mol. The van der Waals surface area contributed by atoms with Gasteiger partial charge in [0.2, 0.25) is 5.91 Å². The van der Waals surface area contributed by atoms with Gasteiger partial charge in [-0.2, -0.15) is 5.26 Å². The number of nitrogens with zero attached hydrogens (tertiary/aromatic N) is 4. The highest BCUT2D eigenvalue weighted by Crippen LogP contribution is 2.44. The zero-order valence-electron chi connectivity index (χ0n) is 21.6. The Balaban J connectivity index is 1.26. The highest BCUT2D eigenvalue weighted by molar-refractivity contribution is 7.99. The molecule has 9 heteroatoms. The van der Waals surface area contributed by atoms with Gasteiger partial charge in [0.25, 0.3) is 0 Å². The number of fused-ring (bicyclic) bond motifs is 2. The van der Waals surface area contributed by atoms with Gasteiger partial charge in [-0.3, -0.25) is 4.79 Å². The molecule has 0 saturated carbocycles. The summed E-state index contributed by atoms with van der Waals surface area (Å²) in [6, 6.07) is 2.36. The summed E-state index contributed by atoms with van der Waals surface area (Å²) in [5.74, 6) is 2.31. The highest BCUT2D eigenvalue weighted by atomic mass is 32.2. The van der Waals surface area contributed by atoms with Gasteiger partial charge in [-0.05, 0) is 66.9 Å². The summed E-state index contributed by atoms with van der Waals surface area (Å²) in [6.45, 7) is 9.17. The number of hydrogen-bond acceptors (Lipinski definition) is 7. The Hall–Kier alpha value is -2.15. The van der Waals surface area contributed by atoms with E-state index in [1.165, 1.54) is 39.1 Å². The maximum absolute atomic E-state index is 12.9. The minimum Gasteiger partial charge on any atom is -0.316 e. The van der Waals surface area contributed by atoms with Gasteiger partial charge in [0.1, 0.15) is 11.1 Å². The Morgan fingerprint density at radius 1 is 1.22 bits per heavy atom. The first-order chi connectivity index (χ1) is 17.2. The quantitative estimate of drug-likeness (QED) is 0.375. The van der Waals surface area contributed by atoms with Crippen LogP contribution in [0.25, 0.3) is 11.4 Å². The molecule has 2 aliphatic carbocycles. The van der Waals surface area contributed by atoms with Crippen LogP contribution in [0.3, 0.4) is 0 Å². The van der Waals surface area contributed by atoms with E-state index in [1.807, 2.05) is 23.0 Å². The van der Waals surface area contributed by atoms with Crippen LogP contribution in [-0.4, -0.2) is 26.4 Å². The van der Waals surface area contributed by atoms with Crippen molar-refractivity contribution < 1.29 is 4.79 Å². The summed E-state index contributed by atoms with van der Waals surface area (Å²) >= 11 is 4.79. The lowest BCUT2D eigenvalue weighted by Gasteiger charge is -2.33. The molecule has 0 bridgehead atoms. The van der Waals surface area contributed by atoms with Gasteiger partial charge in [0.15, 0.2) is 11.0 Å². The lowest BCUT2D eigenvalue weighted by Crippen LogP contribution is -2.26. The number of rotatable bonds is 5. The van der Waals surface area contributed by atoms with Crippen LogP contribution in [0.2, 0.25) is 0 Å². The fourth-order valence-corrected chi connectivity index (χ4v) is 8.61. The second kappa shape index (κ2) is 9.96. The molecule has 0 aliphatic heterocycles. The first-order valence-corrected chi connectivity index (χ1v) is 15.3. The molecule has 36 heavy (non-hydrogen) atoms. The van der Waals surface area contributed by atoms with Crippen LogP contribution in [0.4, 0.5) is 5.00 Å². The summed E-state index contributed by atoms with van der Waals surface area (Å²) in [6.07, 6.45) is 6.43. The van der Waals surface area contributed by atoms with Crippen LogP contribution in [0.1, 0.15) is 67.0 Å². The number of thioether (sulfide) groups is 1. The molecule has 3 heterocycles. The predicted molar refractivity (Wildman–Crippen MR) is 149 cm³/mol. The van der Waals surface area contributed by atoms with E-state index in [2.05, 4.69) is 54.7 Å². The number of carbonyl (C=O) groups excluding carboxylic acids is 1. The smallest absolute Gasteiger partial charge is 0.235 e. The average molecular weight is 540 g/mol. The molecule has 5 rings (SSSR count). The van der Waals surface area contributed by atoms with Crippen LogP contribution in [0.5, 0.6) is 0 Å². The third-order valence-corrected chi connectivity index (χ3v) is 10.9. The van der Waals surface area contributed by atoms with E-state index in [-0.39, 0.29) is 17.1 Å². The second-order valence-corrected chi connectivity index (χ2v) is 14.2. The van der Waals surface area contributed by atoms with Crippen LogP contribution in [-0.2, 0) is 37.5 Å². The normalized spacial score (nSPS) is 19.4. The van der Waals surface area contributed by atoms with E-state index >= 15 is 0 Å². The van der Waals surface area contributed by atoms with E-state index in [9.17, 15) is 10.1 Å². The third-order valence-electron chi connectivity index (χ3n) is 7.66. The van der Waals surface area contributed by atoms with E-state index < -0.39 is 0 Å². The van der Waals surface area contributed by atoms with Gasteiger partial charge in [-0.1, -0.05) is 39.5 Å². The highest BCUT2D eigenvalue weighted by Gasteiger charge is 2.32. The lowest BCUT2D eigenvalue weighted by molar-refractivity contribution is -0.113. The van der Waals surface area contributed by atoms with Crippen molar-refractivity contribution in [3.8, 4) is 17.5 Å². The largest absolute Gasteiger partial charge is 0.316 e. The fraction of sp³-hybridized carbons (Fsp3) is 0.556. The Kier molecular flexibility index (Phi) is 7.05. The zero-order chi connectivity index (χ0) is 25.6. The number of thiophene rings is 2. The molecule has 3 aromatic heterocycles. The van der Waals surface area contributed by atoms with E-state index in [0.29, 0.717) is 16.5 Å². The van der Waals surface area contributed by atoms with Gasteiger partial charge >= 0.3 is 0 Å². The number of nitrogens with one attached hydrogen (secondary N) is 1. The van der Waals surface area contributed by atoms with Gasteiger partial charge in [-0.25, -0.2) is 0 Å². The molecule has 2 atom stereocenters. The SMILES string of the molecule is CC1CCc2c(-c3nnc(SCC(=O)Nc4sc5c(c4C#N)CCC(C(C)(C)C)C5)n3C)csc2C1. The third kappa shape index (κ3) is 4.88. The summed E-state index contributed by atoms with van der Waals surface area (Å²) in [5, 5.41) is 25.3. The van der Waals surface area contributed by atoms with Crippen molar-refractivity contribution in [3.05, 3.63) is 31.8 Å². The Labute approximate surface area is 225 Å². The molecule has 0 aromatic carbocycles. The number of anilines is 1. The van der Waals surface area contributed by atoms with Crippen LogP contribution in [0, 0.1) is 28.6 Å². The fourth-order valence-electron chi connectivity index (χ4n) is 5.36. The van der Waals surface area contributed by atoms with Crippen molar-refractivity contribution in [2.24, 2.45) is 24.3 Å². The van der Waals surface area contributed by atoms with Crippen molar-refractivity contribution in [1.29, 1.82) is 5.26 Å². The summed E-state index contributed by atoms with van der Waals surface area (Å²) in [5.41, 5.74) is 4.63. The van der Waals surface area contributed by atoms with Crippen LogP contribution >= 0.6 is 34.4 Å². The molecule has 1 amide bonds. The number of carbonyl (C=O) groups is 1. The van der Waals surface area contributed by atoms with Crippen LogP contribution in [0.15, 0.2) is 10.5 Å². The Bertz CT molecular complexity index is 1340. The average Bonchev–Trinajstić information content (AvgIpc) is 3.50. The van der Waals surface area contributed by atoms with E-state index in [0.717, 1.165) is 54.6 Å². The maximum Gasteiger partial charge on any atom is 0.235 e. The molecule has 0 spiro atoms. The summed E-state index contributed by atoms with van der Waals surface area (Å²) in [7, 11) is 1.97. The molecule has 0 saturated heterocycles. The van der Waals surface area contributed by atoms with Gasteiger partial charge in [0.05, 0.1) is 11.3 Å². The van der Waals surface area contributed by atoms with Crippen molar-refractivity contribution in [1.82, 2.24) is 14.8 Å². The molecule has 0 fully saturated rings. The summed E-state index contributed by atoms with van der Waals surface area (Å²) < 4.78 is 2.00.